The Balaban J connectivity index is 1.98. The van der Waals surface area contributed by atoms with Crippen LogP contribution in [0.3, 0.4) is 0 Å². The number of nitrogens with zero attached hydrogens (tertiary/aromatic N) is 3. The van der Waals surface area contributed by atoms with Crippen LogP contribution < -0.4 is 0 Å². The van der Waals surface area contributed by atoms with Gasteiger partial charge in [-0.05, 0) is 48.7 Å². The molecule has 1 aliphatic carbocycles. The van der Waals surface area contributed by atoms with E-state index in [4.69, 9.17) is 0 Å². The van der Waals surface area contributed by atoms with Gasteiger partial charge in [-0.15, -0.1) is 4.40 Å². The number of hydrogen-bond acceptors (Lipinski definition) is 5. The Morgan fingerprint density at radius 2 is 1.82 bits per heavy atom. The normalized spacial score (nSPS) is 21.7. The zero-order valence-corrected chi connectivity index (χ0v) is 18.2. The fraction of sp³-hybridized carbons (Fsp3) is 0.500. The number of carbonyl (C=O) groups excluding carboxylic acids is 1. The zero-order chi connectivity index (χ0) is 20.3. The van der Waals surface area contributed by atoms with Crippen LogP contribution in [0.25, 0.3) is 0 Å². The second-order valence-electron chi connectivity index (χ2n) is 7.37. The lowest BCUT2D eigenvalue weighted by atomic mass is 9.94. The second-order valence-corrected chi connectivity index (χ2v) is 9.99. The lowest BCUT2D eigenvalue weighted by molar-refractivity contribution is -0.124. The highest BCUT2D eigenvalue weighted by atomic mass is 32.2. The molecule has 1 saturated carbocycles. The molecule has 1 aromatic rings. The molecule has 28 heavy (non-hydrogen) atoms. The highest BCUT2D eigenvalue weighted by molar-refractivity contribution is 8.19. The van der Waals surface area contributed by atoms with Crippen molar-refractivity contribution in [2.24, 2.45) is 4.40 Å². The molecule has 1 amide bonds. The first-order valence-corrected chi connectivity index (χ1v) is 11.9. The van der Waals surface area contributed by atoms with Crippen molar-refractivity contribution < 1.29 is 13.2 Å². The van der Waals surface area contributed by atoms with Gasteiger partial charge in [-0.25, -0.2) is 0 Å². The van der Waals surface area contributed by atoms with Crippen LogP contribution in [0, 0.1) is 0 Å². The molecule has 8 heteroatoms. The molecule has 1 saturated heterocycles. The molecule has 0 bridgehead atoms. The van der Waals surface area contributed by atoms with Crippen molar-refractivity contribution >= 4 is 32.9 Å². The molecule has 1 aromatic carbocycles. The topological polar surface area (TPSA) is 70.0 Å². The van der Waals surface area contributed by atoms with Gasteiger partial charge >= 0.3 is 0 Å². The molecule has 2 aliphatic rings. The number of sulfonamides is 1. The average molecular weight is 422 g/mol. The first-order valence-electron chi connectivity index (χ1n) is 9.65. The summed E-state index contributed by atoms with van der Waals surface area (Å²) in [5.41, 5.74) is 1.07. The number of amidine groups is 1. The van der Waals surface area contributed by atoms with E-state index in [0.717, 1.165) is 55.9 Å². The molecule has 2 fully saturated rings. The predicted molar refractivity (Wildman–Crippen MR) is 114 cm³/mol. The van der Waals surface area contributed by atoms with Gasteiger partial charge in [0.1, 0.15) is 0 Å². The number of aryl methyl sites for hydroxylation is 1. The Kier molecular flexibility index (Phi) is 6.50. The molecule has 0 radical (unpaired) electrons. The van der Waals surface area contributed by atoms with Gasteiger partial charge in [-0.3, -0.25) is 9.69 Å². The van der Waals surface area contributed by atoms with Crippen LogP contribution >= 0.6 is 11.8 Å². The van der Waals surface area contributed by atoms with Gasteiger partial charge in [0.15, 0.2) is 5.17 Å². The first-order chi connectivity index (χ1) is 13.3. The van der Waals surface area contributed by atoms with E-state index >= 15 is 0 Å². The maximum Gasteiger partial charge on any atom is 0.284 e. The van der Waals surface area contributed by atoms with Crippen molar-refractivity contribution in [1.29, 1.82) is 0 Å². The van der Waals surface area contributed by atoms with Crippen LogP contribution in [0.15, 0.2) is 44.7 Å². The number of hydrogen-bond donors (Lipinski definition) is 0. The molecule has 0 N–H and O–H groups in total. The van der Waals surface area contributed by atoms with E-state index in [1.165, 1.54) is 0 Å². The van der Waals surface area contributed by atoms with Crippen molar-refractivity contribution in [3.8, 4) is 0 Å². The van der Waals surface area contributed by atoms with Gasteiger partial charge in [0.2, 0.25) is 0 Å². The second kappa shape index (κ2) is 8.69. The van der Waals surface area contributed by atoms with Crippen molar-refractivity contribution in [2.45, 2.75) is 56.4 Å². The summed E-state index contributed by atoms with van der Waals surface area (Å²) in [5, 5.41) is 0.268. The highest BCUT2D eigenvalue weighted by Crippen LogP contribution is 2.37. The molecule has 0 spiro atoms. The van der Waals surface area contributed by atoms with Crippen LogP contribution in [-0.2, 0) is 21.2 Å². The van der Waals surface area contributed by atoms with E-state index in [1.807, 2.05) is 21.0 Å². The molecule has 1 aliphatic heterocycles. The van der Waals surface area contributed by atoms with Gasteiger partial charge in [0, 0.05) is 26.3 Å². The third-order valence-corrected chi connectivity index (χ3v) is 7.35. The summed E-state index contributed by atoms with van der Waals surface area (Å²) in [6, 6.07) is 6.79. The molecule has 152 valence electrons. The fourth-order valence-corrected chi connectivity index (χ4v) is 5.79. The Bertz CT molecular complexity index is 884. The maximum absolute atomic E-state index is 13.0. The van der Waals surface area contributed by atoms with Crippen molar-refractivity contribution in [2.75, 3.05) is 14.1 Å². The molecule has 1 heterocycles. The average Bonchev–Trinajstić information content (AvgIpc) is 2.96. The molecular formula is C20H27N3O3S2. The van der Waals surface area contributed by atoms with E-state index in [9.17, 15) is 13.2 Å². The number of amides is 1. The van der Waals surface area contributed by atoms with Gasteiger partial charge in [-0.1, -0.05) is 38.3 Å². The minimum Gasteiger partial charge on any atom is -0.382 e. The van der Waals surface area contributed by atoms with Crippen LogP contribution in [-0.4, -0.2) is 49.4 Å². The van der Waals surface area contributed by atoms with Gasteiger partial charge in [0.05, 0.1) is 9.80 Å². The predicted octanol–water partition coefficient (Wildman–Crippen LogP) is 3.60. The van der Waals surface area contributed by atoms with Crippen molar-refractivity contribution in [1.82, 2.24) is 9.80 Å². The van der Waals surface area contributed by atoms with Crippen LogP contribution in [0.1, 0.15) is 44.6 Å². The van der Waals surface area contributed by atoms with Crippen LogP contribution in [0.4, 0.5) is 0 Å². The Hall–Kier alpha value is -1.80. The molecule has 6 nitrogen and oxygen atoms in total. The van der Waals surface area contributed by atoms with Crippen LogP contribution in [0.5, 0.6) is 0 Å². The number of rotatable bonds is 5. The summed E-state index contributed by atoms with van der Waals surface area (Å²) in [6.07, 6.45) is 7.58. The molecule has 0 aromatic heterocycles. The fourth-order valence-electron chi connectivity index (χ4n) is 3.49. The zero-order valence-electron chi connectivity index (χ0n) is 16.6. The number of carbonyl (C=O) groups is 1. The summed E-state index contributed by atoms with van der Waals surface area (Å²) in [5.74, 6) is -0.152. The summed E-state index contributed by atoms with van der Waals surface area (Å²) >= 11 is 1.14. The van der Waals surface area contributed by atoms with Crippen molar-refractivity contribution in [3.63, 3.8) is 0 Å². The smallest absolute Gasteiger partial charge is 0.284 e. The van der Waals surface area contributed by atoms with E-state index in [2.05, 4.69) is 4.40 Å². The standard InChI is InChI=1S/C20H27N3O3S2/c1-4-15-10-12-17(13-11-15)28(25,26)21-20-23(16-8-6-5-7-9-16)19(24)18(27-20)14-22(2)3/h10-14,16H,4-9H2,1-3H3. The van der Waals surface area contributed by atoms with E-state index < -0.39 is 10.0 Å². The van der Waals surface area contributed by atoms with Crippen molar-refractivity contribution in [3.05, 3.63) is 40.9 Å². The molecule has 0 unspecified atom stereocenters. The van der Waals surface area contributed by atoms with Gasteiger partial charge in [0.25, 0.3) is 15.9 Å². The summed E-state index contributed by atoms with van der Waals surface area (Å²) in [6.45, 7) is 2.02. The van der Waals surface area contributed by atoms with E-state index in [0.29, 0.717) is 4.91 Å². The van der Waals surface area contributed by atoms with E-state index in [-0.39, 0.29) is 22.0 Å². The van der Waals surface area contributed by atoms with Crippen LogP contribution in [0.2, 0.25) is 0 Å². The summed E-state index contributed by atoms with van der Waals surface area (Å²) in [7, 11) is -0.203. The number of benzene rings is 1. The monoisotopic (exact) mass is 421 g/mol. The third-order valence-electron chi connectivity index (χ3n) is 4.98. The first kappa shape index (κ1) is 20.9. The maximum atomic E-state index is 13.0. The highest BCUT2D eigenvalue weighted by Gasteiger charge is 2.40. The quantitative estimate of drug-likeness (QED) is 0.680. The Morgan fingerprint density at radius 1 is 1.18 bits per heavy atom. The van der Waals surface area contributed by atoms with E-state index in [1.54, 1.807) is 40.3 Å². The molecule has 0 atom stereocenters. The Labute approximate surface area is 171 Å². The minimum atomic E-state index is -3.88. The summed E-state index contributed by atoms with van der Waals surface area (Å²) in [4.78, 5) is 17.0. The molecule has 3 rings (SSSR count). The molecular weight excluding hydrogens is 394 g/mol. The largest absolute Gasteiger partial charge is 0.382 e. The third kappa shape index (κ3) is 4.60. The lowest BCUT2D eigenvalue weighted by Gasteiger charge is -2.30. The minimum absolute atomic E-state index is 0.0122. The number of thioether (sulfide) groups is 1. The van der Waals surface area contributed by atoms with Gasteiger partial charge < -0.3 is 4.90 Å². The SMILES string of the molecule is CCc1ccc(S(=O)(=O)N=C2SC(=CN(C)C)C(=O)N2C2CCCCC2)cc1. The Morgan fingerprint density at radius 3 is 2.39 bits per heavy atom. The van der Waals surface area contributed by atoms with Gasteiger partial charge in [-0.2, -0.15) is 8.42 Å². The summed E-state index contributed by atoms with van der Waals surface area (Å²) < 4.78 is 29.9. The lowest BCUT2D eigenvalue weighted by Crippen LogP contribution is -2.40.